The van der Waals surface area contributed by atoms with Crippen molar-refractivity contribution < 1.29 is 19.1 Å². The first kappa shape index (κ1) is 23.4. The van der Waals surface area contributed by atoms with Gasteiger partial charge in [-0.2, -0.15) is 0 Å². The lowest BCUT2D eigenvalue weighted by Gasteiger charge is -2.24. The molecule has 0 bridgehead atoms. The Labute approximate surface area is 196 Å². The molecule has 1 unspecified atom stereocenters. The van der Waals surface area contributed by atoms with Crippen molar-refractivity contribution >= 4 is 28.6 Å². The van der Waals surface area contributed by atoms with E-state index in [0.29, 0.717) is 35.3 Å². The number of nitrogens with zero attached hydrogens (tertiary/aromatic N) is 3. The van der Waals surface area contributed by atoms with Gasteiger partial charge >= 0.3 is 5.69 Å². The number of carbonyl (C=O) groups is 3. The Bertz CT molecular complexity index is 1270. The molecule has 2 heterocycles. The zero-order chi connectivity index (χ0) is 24.2. The van der Waals surface area contributed by atoms with E-state index in [4.69, 9.17) is 10.5 Å². The molecule has 1 aromatic heterocycles. The number of hydrogen-bond acceptors (Lipinski definition) is 5. The Hall–Kier alpha value is -3.72. The summed E-state index contributed by atoms with van der Waals surface area (Å²) in [7, 11) is 0. The summed E-state index contributed by atoms with van der Waals surface area (Å²) in [5.74, 6) is -1.32. The number of para-hydroxylation sites is 1. The molecule has 178 valence electrons. The Balaban J connectivity index is 1.75. The van der Waals surface area contributed by atoms with Gasteiger partial charge in [0.2, 0.25) is 11.8 Å². The van der Waals surface area contributed by atoms with Crippen LogP contribution in [0.4, 0.5) is 0 Å². The number of benzene rings is 2. The van der Waals surface area contributed by atoms with E-state index in [2.05, 4.69) is 0 Å². The molecule has 0 radical (unpaired) electrons. The lowest BCUT2D eigenvalue weighted by Crippen LogP contribution is -2.45. The van der Waals surface area contributed by atoms with Gasteiger partial charge in [0.25, 0.3) is 0 Å². The Morgan fingerprint density at radius 1 is 1.09 bits per heavy atom. The third-order valence-corrected chi connectivity index (χ3v) is 6.07. The molecule has 2 amide bonds. The summed E-state index contributed by atoms with van der Waals surface area (Å²) in [6.45, 7) is 2.45. The fraction of sp³-hybridized carbons (Fsp3) is 0.360. The largest absolute Gasteiger partial charge is 0.376 e. The average Bonchev–Trinajstić information content (AvgIpc) is 3.44. The molecular weight excluding hydrogens is 436 g/mol. The summed E-state index contributed by atoms with van der Waals surface area (Å²) >= 11 is 0. The highest BCUT2D eigenvalue weighted by molar-refractivity contribution is 6.15. The highest BCUT2D eigenvalue weighted by atomic mass is 16.5. The fourth-order valence-electron chi connectivity index (χ4n) is 4.47. The number of aromatic nitrogens is 2. The number of amides is 2. The normalized spacial score (nSPS) is 15.5. The number of aryl methyl sites for hydroxylation is 1. The second-order valence-electron chi connectivity index (χ2n) is 8.36. The minimum Gasteiger partial charge on any atom is -0.376 e. The van der Waals surface area contributed by atoms with Crippen molar-refractivity contribution in [3.8, 4) is 0 Å². The molecule has 0 aliphatic carbocycles. The molecule has 0 spiro atoms. The van der Waals surface area contributed by atoms with Crippen molar-refractivity contribution in [3.63, 3.8) is 0 Å². The molecule has 1 aliphatic rings. The maximum Gasteiger partial charge on any atom is 0.329 e. The molecule has 4 rings (SSSR count). The van der Waals surface area contributed by atoms with Crippen LogP contribution >= 0.6 is 0 Å². The zero-order valence-electron chi connectivity index (χ0n) is 19.1. The van der Waals surface area contributed by atoms with Crippen LogP contribution in [0.2, 0.25) is 0 Å². The lowest BCUT2D eigenvalue weighted by atomic mass is 10.0. The topological polar surface area (TPSA) is 117 Å². The fourth-order valence-corrected chi connectivity index (χ4v) is 4.47. The summed E-state index contributed by atoms with van der Waals surface area (Å²) in [4.78, 5) is 52.9. The van der Waals surface area contributed by atoms with Crippen LogP contribution in [-0.4, -0.2) is 57.4 Å². The second kappa shape index (κ2) is 10.0. The first-order chi connectivity index (χ1) is 16.4. The van der Waals surface area contributed by atoms with Gasteiger partial charge in [0.15, 0.2) is 5.78 Å². The number of ketones is 1. The van der Waals surface area contributed by atoms with E-state index < -0.39 is 17.5 Å². The third kappa shape index (κ3) is 4.65. The molecule has 9 heteroatoms. The van der Waals surface area contributed by atoms with Crippen LogP contribution in [0.3, 0.4) is 0 Å². The average molecular weight is 465 g/mol. The highest BCUT2D eigenvalue weighted by Gasteiger charge is 2.27. The van der Waals surface area contributed by atoms with E-state index in [1.54, 1.807) is 42.5 Å². The van der Waals surface area contributed by atoms with Crippen molar-refractivity contribution in [2.45, 2.75) is 39.0 Å². The lowest BCUT2D eigenvalue weighted by molar-refractivity contribution is -0.137. The van der Waals surface area contributed by atoms with E-state index >= 15 is 0 Å². The number of carbonyl (C=O) groups excluding carboxylic acids is 3. The summed E-state index contributed by atoms with van der Waals surface area (Å²) < 4.78 is 8.47. The number of imidazole rings is 1. The van der Waals surface area contributed by atoms with Crippen LogP contribution in [0.15, 0.2) is 53.3 Å². The predicted molar refractivity (Wildman–Crippen MR) is 126 cm³/mol. The number of nitrogens with two attached hydrogens (primary N) is 1. The number of primary amides is 1. The first-order valence-electron chi connectivity index (χ1n) is 11.4. The zero-order valence-corrected chi connectivity index (χ0v) is 19.1. The number of ether oxygens (including phenoxy) is 1. The predicted octanol–water partition coefficient (Wildman–Crippen LogP) is 1.55. The smallest absolute Gasteiger partial charge is 0.329 e. The van der Waals surface area contributed by atoms with Crippen molar-refractivity contribution in [3.05, 3.63) is 70.1 Å². The van der Waals surface area contributed by atoms with Crippen molar-refractivity contribution in [1.29, 1.82) is 0 Å². The van der Waals surface area contributed by atoms with Gasteiger partial charge in [0.1, 0.15) is 6.54 Å². The van der Waals surface area contributed by atoms with Gasteiger partial charge < -0.3 is 15.4 Å². The van der Waals surface area contributed by atoms with Crippen LogP contribution in [-0.2, 0) is 27.4 Å². The van der Waals surface area contributed by atoms with Gasteiger partial charge in [0, 0.05) is 30.8 Å². The monoisotopic (exact) mass is 464 g/mol. The molecule has 3 aromatic rings. The van der Waals surface area contributed by atoms with Gasteiger partial charge in [-0.15, -0.1) is 0 Å². The molecule has 1 aliphatic heterocycles. The maximum atomic E-state index is 13.3. The summed E-state index contributed by atoms with van der Waals surface area (Å²) in [5, 5.41) is 0. The van der Waals surface area contributed by atoms with Crippen LogP contribution in [0.25, 0.3) is 11.0 Å². The molecule has 9 nitrogen and oxygen atoms in total. The first-order valence-corrected chi connectivity index (χ1v) is 11.4. The minimum atomic E-state index is -0.644. The Kier molecular flexibility index (Phi) is 6.93. The van der Waals surface area contributed by atoms with Gasteiger partial charge in [-0.3, -0.25) is 23.5 Å². The van der Waals surface area contributed by atoms with Crippen molar-refractivity contribution in [2.24, 2.45) is 5.73 Å². The molecule has 2 aromatic carbocycles. The Morgan fingerprint density at radius 2 is 1.85 bits per heavy atom. The van der Waals surface area contributed by atoms with E-state index in [1.807, 2.05) is 13.0 Å². The molecular formula is C25H28N4O5. The molecule has 1 fully saturated rings. The molecule has 1 saturated heterocycles. The number of hydrogen-bond donors (Lipinski definition) is 1. The number of fused-ring (bicyclic) bond motifs is 1. The van der Waals surface area contributed by atoms with Crippen molar-refractivity contribution in [2.75, 3.05) is 19.7 Å². The van der Waals surface area contributed by atoms with E-state index in [0.717, 1.165) is 12.8 Å². The van der Waals surface area contributed by atoms with Gasteiger partial charge in [0.05, 0.1) is 23.7 Å². The van der Waals surface area contributed by atoms with Crippen LogP contribution < -0.4 is 11.4 Å². The van der Waals surface area contributed by atoms with Gasteiger partial charge in [-0.1, -0.05) is 36.4 Å². The summed E-state index contributed by atoms with van der Waals surface area (Å²) in [5.41, 5.74) is 6.78. The minimum absolute atomic E-state index is 0.174. The molecule has 34 heavy (non-hydrogen) atoms. The second-order valence-corrected chi connectivity index (χ2v) is 8.36. The summed E-state index contributed by atoms with van der Waals surface area (Å²) in [6, 6.07) is 13.9. The molecule has 2 N–H and O–H groups in total. The Morgan fingerprint density at radius 3 is 2.50 bits per heavy atom. The molecule has 1 atom stereocenters. The third-order valence-electron chi connectivity index (χ3n) is 6.07. The quantitative estimate of drug-likeness (QED) is 0.482. The van der Waals surface area contributed by atoms with Crippen LogP contribution in [0.5, 0.6) is 0 Å². The standard InChI is InChI=1S/C25H28N4O5/c1-2-28-20-12-6-11-19(24(32)17-8-4-3-5-9-17)23(20)29(25(28)33)16-22(31)27(15-21(26)30)14-18-10-7-13-34-18/h3-6,8-9,11-12,18H,2,7,10,13-16H2,1H3,(H2,26,30). The van der Waals surface area contributed by atoms with E-state index in [-0.39, 0.29) is 31.5 Å². The SMILES string of the molecule is CCn1c(=O)n(CC(=O)N(CC(N)=O)CC2CCCO2)c2c(C(=O)c3ccccc3)cccc21. The van der Waals surface area contributed by atoms with Crippen LogP contribution in [0, 0.1) is 0 Å². The van der Waals surface area contributed by atoms with E-state index in [1.165, 1.54) is 14.0 Å². The van der Waals surface area contributed by atoms with Gasteiger partial charge in [-0.05, 0) is 31.9 Å². The number of rotatable bonds is 9. The maximum absolute atomic E-state index is 13.3. The van der Waals surface area contributed by atoms with E-state index in [9.17, 15) is 19.2 Å². The summed E-state index contributed by atoms with van der Waals surface area (Å²) in [6.07, 6.45) is 1.50. The van der Waals surface area contributed by atoms with Crippen LogP contribution in [0.1, 0.15) is 35.7 Å². The van der Waals surface area contributed by atoms with Gasteiger partial charge in [-0.25, -0.2) is 4.79 Å². The molecule has 0 saturated carbocycles. The van der Waals surface area contributed by atoms with Crippen molar-refractivity contribution in [1.82, 2.24) is 14.0 Å². The highest BCUT2D eigenvalue weighted by Crippen LogP contribution is 2.22.